The fourth-order valence-electron chi connectivity index (χ4n) is 1.37. The van der Waals surface area contributed by atoms with E-state index in [1.54, 1.807) is 12.2 Å². The lowest BCUT2D eigenvalue weighted by atomic mass is 10.1. The first-order chi connectivity index (χ1) is 7.79. The van der Waals surface area contributed by atoms with Gasteiger partial charge in [0, 0.05) is 11.4 Å². The minimum absolute atomic E-state index is 1.07. The first kappa shape index (κ1) is 12.1. The molecular weight excluding hydrogens is 193 g/mol. The topological polar surface area (TPSA) is 3.24 Å². The highest BCUT2D eigenvalue weighted by atomic mass is 15.0. The van der Waals surface area contributed by atoms with Crippen molar-refractivity contribution >= 4 is 13.7 Å². The van der Waals surface area contributed by atoms with E-state index in [0.717, 1.165) is 11.4 Å². The number of para-hydroxylation sites is 1. The predicted octanol–water partition coefficient (Wildman–Crippen LogP) is 2.85. The van der Waals surface area contributed by atoms with Crippen LogP contribution in [0.15, 0.2) is 79.6 Å². The van der Waals surface area contributed by atoms with Gasteiger partial charge in [0.2, 0.25) is 7.98 Å². The second-order valence-electron chi connectivity index (χ2n) is 3.32. The quantitative estimate of drug-likeness (QED) is 0.532. The highest BCUT2D eigenvalue weighted by molar-refractivity contribution is 6.20. The Morgan fingerprint density at radius 1 is 1.12 bits per heavy atom. The van der Waals surface area contributed by atoms with E-state index in [0.29, 0.717) is 0 Å². The van der Waals surface area contributed by atoms with Gasteiger partial charge < -0.3 is 4.81 Å². The molecule has 0 N–H and O–H groups in total. The van der Waals surface area contributed by atoms with E-state index >= 15 is 0 Å². The number of anilines is 1. The summed E-state index contributed by atoms with van der Waals surface area (Å²) in [7, 11) is 2.03. The number of hydrogen-bond acceptors (Lipinski definition) is 1. The van der Waals surface area contributed by atoms with Crippen molar-refractivity contribution in [3.8, 4) is 0 Å². The van der Waals surface area contributed by atoms with E-state index < -0.39 is 0 Å². The Labute approximate surface area is 98.5 Å². The Kier molecular flexibility index (Phi) is 4.93. The third kappa shape index (κ3) is 3.32. The van der Waals surface area contributed by atoms with Crippen LogP contribution in [0.3, 0.4) is 0 Å². The Morgan fingerprint density at radius 3 is 2.38 bits per heavy atom. The lowest BCUT2D eigenvalue weighted by Gasteiger charge is -2.21. The van der Waals surface area contributed by atoms with Gasteiger partial charge in [-0.25, -0.2) is 0 Å². The molecule has 80 valence electrons. The minimum atomic E-state index is 1.07. The van der Waals surface area contributed by atoms with Crippen molar-refractivity contribution in [1.82, 2.24) is 0 Å². The van der Waals surface area contributed by atoms with Gasteiger partial charge >= 0.3 is 0 Å². The lowest BCUT2D eigenvalue weighted by molar-refractivity contribution is 1.33. The summed E-state index contributed by atoms with van der Waals surface area (Å²) >= 11 is 0. The molecule has 0 aliphatic heterocycles. The molecule has 0 amide bonds. The molecule has 0 radical (unpaired) electrons. The monoisotopic (exact) mass is 209 g/mol. The van der Waals surface area contributed by atoms with Crippen molar-refractivity contribution in [1.29, 1.82) is 0 Å². The molecule has 1 aromatic carbocycles. The second kappa shape index (κ2) is 6.51. The third-order valence-corrected chi connectivity index (χ3v) is 2.22. The van der Waals surface area contributed by atoms with E-state index in [4.69, 9.17) is 0 Å². The molecule has 0 aliphatic rings. The molecular formula is C14H16BN. The maximum atomic E-state index is 3.72. The fourth-order valence-corrected chi connectivity index (χ4v) is 1.37. The Bertz CT molecular complexity index is 404. The van der Waals surface area contributed by atoms with Gasteiger partial charge in [0.1, 0.15) is 0 Å². The Balaban J connectivity index is 2.96. The van der Waals surface area contributed by atoms with E-state index in [2.05, 4.69) is 30.1 Å². The van der Waals surface area contributed by atoms with E-state index in [9.17, 15) is 0 Å². The predicted molar refractivity (Wildman–Crippen MR) is 75.1 cm³/mol. The summed E-state index contributed by atoms with van der Waals surface area (Å²) in [5.41, 5.74) is 2.21. The molecule has 0 saturated heterocycles. The van der Waals surface area contributed by atoms with Crippen molar-refractivity contribution in [2.75, 3.05) is 4.81 Å². The Morgan fingerprint density at radius 2 is 1.81 bits per heavy atom. The maximum Gasteiger partial charge on any atom is 0.223 e. The normalized spacial score (nSPS) is 11.4. The van der Waals surface area contributed by atoms with Crippen molar-refractivity contribution in [2.24, 2.45) is 0 Å². The van der Waals surface area contributed by atoms with E-state index in [1.807, 2.05) is 44.4 Å². The average molecular weight is 209 g/mol. The standard InChI is InChI=1S/C14H16BN/c1-3-5-10-13(9-4-2)16(15)14-11-7-6-8-12-14/h3-12H,1-2,15H2/b10-5-,13-9+. The van der Waals surface area contributed by atoms with Gasteiger partial charge in [0.25, 0.3) is 0 Å². The Hall–Kier alpha value is -1.96. The average Bonchev–Trinajstić information content (AvgIpc) is 2.35. The molecule has 0 atom stereocenters. The number of hydrogen-bond donors (Lipinski definition) is 0. The van der Waals surface area contributed by atoms with Gasteiger partial charge in [-0.2, -0.15) is 0 Å². The summed E-state index contributed by atoms with van der Waals surface area (Å²) in [6.45, 7) is 7.39. The first-order valence-corrected chi connectivity index (χ1v) is 5.20. The molecule has 1 nitrogen and oxygen atoms in total. The number of rotatable bonds is 5. The first-order valence-electron chi connectivity index (χ1n) is 5.20. The van der Waals surface area contributed by atoms with Crippen molar-refractivity contribution < 1.29 is 0 Å². The van der Waals surface area contributed by atoms with Crippen LogP contribution in [0.2, 0.25) is 0 Å². The molecule has 0 spiro atoms. The highest BCUT2D eigenvalue weighted by Crippen LogP contribution is 2.16. The van der Waals surface area contributed by atoms with Gasteiger partial charge in [-0.1, -0.05) is 49.6 Å². The van der Waals surface area contributed by atoms with Crippen LogP contribution in [0.4, 0.5) is 5.69 Å². The summed E-state index contributed by atoms with van der Waals surface area (Å²) in [5.74, 6) is 0. The molecule has 0 saturated carbocycles. The van der Waals surface area contributed by atoms with Crippen LogP contribution in [-0.2, 0) is 0 Å². The van der Waals surface area contributed by atoms with Crippen LogP contribution < -0.4 is 4.81 Å². The fraction of sp³-hybridized carbons (Fsp3) is 0. The molecule has 1 aromatic rings. The molecule has 0 unspecified atom stereocenters. The van der Waals surface area contributed by atoms with Crippen LogP contribution in [0.5, 0.6) is 0 Å². The van der Waals surface area contributed by atoms with E-state index in [-0.39, 0.29) is 0 Å². The van der Waals surface area contributed by atoms with Crippen LogP contribution in [0.1, 0.15) is 0 Å². The second-order valence-corrected chi connectivity index (χ2v) is 3.32. The molecule has 0 aliphatic carbocycles. The summed E-state index contributed by atoms with van der Waals surface area (Å²) in [6.07, 6.45) is 9.42. The lowest BCUT2D eigenvalue weighted by Crippen LogP contribution is -2.16. The largest absolute Gasteiger partial charge is 0.394 e. The third-order valence-electron chi connectivity index (χ3n) is 2.22. The zero-order valence-corrected chi connectivity index (χ0v) is 9.63. The van der Waals surface area contributed by atoms with Gasteiger partial charge in [-0.15, -0.1) is 0 Å². The van der Waals surface area contributed by atoms with Crippen molar-refractivity contribution in [2.45, 2.75) is 0 Å². The maximum absolute atomic E-state index is 3.72. The zero-order chi connectivity index (χ0) is 11.8. The summed E-state index contributed by atoms with van der Waals surface area (Å²) < 4.78 is 0. The van der Waals surface area contributed by atoms with Gasteiger partial charge in [-0.05, 0) is 24.3 Å². The van der Waals surface area contributed by atoms with Gasteiger partial charge in [0.05, 0.1) is 0 Å². The van der Waals surface area contributed by atoms with Crippen molar-refractivity contribution in [3.63, 3.8) is 0 Å². The zero-order valence-electron chi connectivity index (χ0n) is 9.63. The summed E-state index contributed by atoms with van der Waals surface area (Å²) in [6, 6.07) is 10.2. The number of allylic oxidation sites excluding steroid dienone is 5. The van der Waals surface area contributed by atoms with Crippen LogP contribution >= 0.6 is 0 Å². The molecule has 0 fully saturated rings. The minimum Gasteiger partial charge on any atom is -0.394 e. The van der Waals surface area contributed by atoms with Gasteiger partial charge in [0.15, 0.2) is 0 Å². The van der Waals surface area contributed by atoms with Crippen molar-refractivity contribution in [3.05, 3.63) is 79.6 Å². The van der Waals surface area contributed by atoms with Crippen LogP contribution in [0.25, 0.3) is 0 Å². The SMILES string of the molecule is BN(C(/C=C\C=C)=C/C=C)c1ccccc1. The highest BCUT2D eigenvalue weighted by Gasteiger charge is 2.01. The van der Waals surface area contributed by atoms with Crippen LogP contribution in [-0.4, -0.2) is 7.98 Å². The van der Waals surface area contributed by atoms with Gasteiger partial charge in [-0.3, -0.25) is 0 Å². The molecule has 0 aromatic heterocycles. The number of nitrogens with zero attached hydrogens (tertiary/aromatic N) is 1. The molecule has 0 heterocycles. The molecule has 1 rings (SSSR count). The smallest absolute Gasteiger partial charge is 0.223 e. The van der Waals surface area contributed by atoms with Crippen LogP contribution in [0, 0.1) is 0 Å². The molecule has 16 heavy (non-hydrogen) atoms. The number of benzene rings is 1. The summed E-state index contributed by atoms with van der Waals surface area (Å²) in [5, 5.41) is 0. The summed E-state index contributed by atoms with van der Waals surface area (Å²) in [4.78, 5) is 2.10. The van der Waals surface area contributed by atoms with E-state index in [1.165, 1.54) is 0 Å². The molecule has 0 bridgehead atoms. The molecule has 2 heteroatoms.